The van der Waals surface area contributed by atoms with Gasteiger partial charge in [0.1, 0.15) is 0 Å². The van der Waals surface area contributed by atoms with Gasteiger partial charge in [0.15, 0.2) is 0 Å². The van der Waals surface area contributed by atoms with Gasteiger partial charge in [0.2, 0.25) is 21.7 Å². The fourth-order valence-electron chi connectivity index (χ4n) is 3.15. The van der Waals surface area contributed by atoms with Gasteiger partial charge in [-0.3, -0.25) is 0 Å². The molecular formula is C17H23N3O3S. The van der Waals surface area contributed by atoms with Gasteiger partial charge in [0.25, 0.3) is 0 Å². The van der Waals surface area contributed by atoms with Crippen molar-refractivity contribution in [3.8, 4) is 11.4 Å². The van der Waals surface area contributed by atoms with E-state index >= 15 is 0 Å². The van der Waals surface area contributed by atoms with Gasteiger partial charge in [-0.15, -0.1) is 0 Å². The molecule has 0 aliphatic carbocycles. The lowest BCUT2D eigenvalue weighted by molar-refractivity contribution is 0.247. The van der Waals surface area contributed by atoms with Crippen molar-refractivity contribution in [2.75, 3.05) is 18.8 Å². The molecule has 24 heavy (non-hydrogen) atoms. The molecule has 0 bridgehead atoms. The molecule has 1 saturated heterocycles. The Labute approximate surface area is 142 Å². The molecule has 0 N–H and O–H groups in total. The summed E-state index contributed by atoms with van der Waals surface area (Å²) in [5, 5.41) is 4.08. The fourth-order valence-corrected chi connectivity index (χ4v) is 4.36. The molecule has 1 fully saturated rings. The van der Waals surface area contributed by atoms with Crippen molar-refractivity contribution in [2.24, 2.45) is 5.92 Å². The number of piperidine rings is 1. The molecule has 1 aromatic carbocycles. The van der Waals surface area contributed by atoms with Gasteiger partial charge in [-0.05, 0) is 38.2 Å². The number of sulfonamides is 1. The molecular weight excluding hydrogens is 326 g/mol. The van der Waals surface area contributed by atoms with Crippen molar-refractivity contribution >= 4 is 10.0 Å². The monoisotopic (exact) mass is 349 g/mol. The predicted molar refractivity (Wildman–Crippen MR) is 91.9 cm³/mol. The normalized spacial score (nSPS) is 19.5. The van der Waals surface area contributed by atoms with E-state index in [0.29, 0.717) is 31.2 Å². The van der Waals surface area contributed by atoms with Gasteiger partial charge in [-0.2, -0.15) is 4.98 Å². The molecule has 0 radical (unpaired) electrons. The standard InChI is InChI=1S/C17H23N3O3S/c1-3-24(21,22)20-10-6-8-14(12-20)11-16-18-17(19-23-16)15-9-5-4-7-13(15)2/h4-5,7,9,14H,3,6,8,10-12H2,1-2H3. The van der Waals surface area contributed by atoms with E-state index in [1.165, 1.54) is 0 Å². The highest BCUT2D eigenvalue weighted by Crippen LogP contribution is 2.24. The molecule has 3 rings (SSSR count). The molecule has 6 nitrogen and oxygen atoms in total. The number of rotatable bonds is 5. The molecule has 7 heteroatoms. The zero-order valence-electron chi connectivity index (χ0n) is 14.1. The predicted octanol–water partition coefficient (Wildman–Crippen LogP) is 2.65. The first-order valence-corrected chi connectivity index (χ1v) is 9.97. The Morgan fingerprint density at radius 1 is 1.33 bits per heavy atom. The van der Waals surface area contributed by atoms with Crippen LogP contribution in [0.3, 0.4) is 0 Å². The van der Waals surface area contributed by atoms with Crippen molar-refractivity contribution in [2.45, 2.75) is 33.1 Å². The summed E-state index contributed by atoms with van der Waals surface area (Å²) in [5.74, 6) is 1.55. The third-order valence-corrected chi connectivity index (χ3v) is 6.41. The molecule has 0 saturated carbocycles. The number of hydrogen-bond donors (Lipinski definition) is 0. The van der Waals surface area contributed by atoms with Gasteiger partial charge >= 0.3 is 0 Å². The summed E-state index contributed by atoms with van der Waals surface area (Å²) in [4.78, 5) is 4.50. The second-order valence-electron chi connectivity index (χ2n) is 6.30. The maximum atomic E-state index is 12.1. The summed E-state index contributed by atoms with van der Waals surface area (Å²) in [6.45, 7) is 4.86. The Morgan fingerprint density at radius 2 is 2.12 bits per heavy atom. The zero-order valence-corrected chi connectivity index (χ0v) is 14.9. The first-order chi connectivity index (χ1) is 11.5. The molecule has 1 atom stereocenters. The lowest BCUT2D eigenvalue weighted by Gasteiger charge is -2.30. The van der Waals surface area contributed by atoms with E-state index in [1.54, 1.807) is 11.2 Å². The molecule has 1 aliphatic heterocycles. The Morgan fingerprint density at radius 3 is 2.88 bits per heavy atom. The van der Waals surface area contributed by atoms with E-state index in [9.17, 15) is 8.42 Å². The Bertz CT molecular complexity index is 801. The summed E-state index contributed by atoms with van der Waals surface area (Å²) < 4.78 is 31.1. The molecule has 1 aromatic heterocycles. The number of aromatic nitrogens is 2. The van der Waals surface area contributed by atoms with Crippen molar-refractivity contribution in [3.63, 3.8) is 0 Å². The number of nitrogens with zero attached hydrogens (tertiary/aromatic N) is 3. The maximum absolute atomic E-state index is 12.1. The first-order valence-electron chi connectivity index (χ1n) is 8.36. The number of benzene rings is 1. The van der Waals surface area contributed by atoms with Gasteiger partial charge in [0, 0.05) is 25.1 Å². The molecule has 0 amide bonds. The van der Waals surface area contributed by atoms with Crippen LogP contribution in [0, 0.1) is 12.8 Å². The highest BCUT2D eigenvalue weighted by atomic mass is 32.2. The minimum absolute atomic E-state index is 0.151. The van der Waals surface area contributed by atoms with Crippen LogP contribution >= 0.6 is 0 Å². The second kappa shape index (κ2) is 7.03. The van der Waals surface area contributed by atoms with Crippen LogP contribution in [0.4, 0.5) is 0 Å². The van der Waals surface area contributed by atoms with Crippen molar-refractivity contribution in [1.82, 2.24) is 14.4 Å². The number of hydrogen-bond acceptors (Lipinski definition) is 5. The molecule has 1 aliphatic rings. The smallest absolute Gasteiger partial charge is 0.227 e. The molecule has 130 valence electrons. The Balaban J connectivity index is 1.70. The van der Waals surface area contributed by atoms with Gasteiger partial charge in [0.05, 0.1) is 5.75 Å². The van der Waals surface area contributed by atoms with Crippen LogP contribution in [0.15, 0.2) is 28.8 Å². The van der Waals surface area contributed by atoms with E-state index in [4.69, 9.17) is 4.52 Å². The topological polar surface area (TPSA) is 76.3 Å². The van der Waals surface area contributed by atoms with Gasteiger partial charge in [-0.1, -0.05) is 29.4 Å². The van der Waals surface area contributed by atoms with E-state index in [2.05, 4.69) is 10.1 Å². The van der Waals surface area contributed by atoms with Crippen LogP contribution in [0.5, 0.6) is 0 Å². The quantitative estimate of drug-likeness (QED) is 0.829. The molecule has 2 aromatic rings. The summed E-state index contributed by atoms with van der Waals surface area (Å²) in [5.41, 5.74) is 2.06. The highest BCUT2D eigenvalue weighted by Gasteiger charge is 2.28. The average molecular weight is 349 g/mol. The minimum Gasteiger partial charge on any atom is -0.339 e. The second-order valence-corrected chi connectivity index (χ2v) is 8.56. The van der Waals surface area contributed by atoms with Crippen LogP contribution < -0.4 is 0 Å². The van der Waals surface area contributed by atoms with Crippen LogP contribution in [0.2, 0.25) is 0 Å². The van der Waals surface area contributed by atoms with Crippen LogP contribution in [-0.2, 0) is 16.4 Å². The zero-order chi connectivity index (χ0) is 17.2. The minimum atomic E-state index is -3.12. The average Bonchev–Trinajstić information content (AvgIpc) is 3.04. The fraction of sp³-hybridized carbons (Fsp3) is 0.529. The van der Waals surface area contributed by atoms with Crippen molar-refractivity contribution in [3.05, 3.63) is 35.7 Å². The maximum Gasteiger partial charge on any atom is 0.227 e. The van der Waals surface area contributed by atoms with E-state index in [0.717, 1.165) is 24.0 Å². The molecule has 1 unspecified atom stereocenters. The Kier molecular flexibility index (Phi) is 5.01. The van der Waals surface area contributed by atoms with Crippen molar-refractivity contribution in [1.29, 1.82) is 0 Å². The summed E-state index contributed by atoms with van der Waals surface area (Å²) in [6.07, 6.45) is 2.48. The van der Waals surface area contributed by atoms with Gasteiger partial charge in [-0.25, -0.2) is 12.7 Å². The van der Waals surface area contributed by atoms with Gasteiger partial charge < -0.3 is 4.52 Å². The molecule has 2 heterocycles. The van der Waals surface area contributed by atoms with Crippen LogP contribution in [-0.4, -0.2) is 41.7 Å². The summed E-state index contributed by atoms with van der Waals surface area (Å²) >= 11 is 0. The third kappa shape index (κ3) is 3.67. The Hall–Kier alpha value is -1.73. The number of aryl methyl sites for hydroxylation is 1. The van der Waals surface area contributed by atoms with Crippen molar-refractivity contribution < 1.29 is 12.9 Å². The van der Waals surface area contributed by atoms with E-state index < -0.39 is 10.0 Å². The molecule has 0 spiro atoms. The van der Waals surface area contributed by atoms with E-state index in [-0.39, 0.29) is 11.7 Å². The summed E-state index contributed by atoms with van der Waals surface area (Å²) in [7, 11) is -3.12. The van der Waals surface area contributed by atoms with Crippen LogP contribution in [0.1, 0.15) is 31.2 Å². The van der Waals surface area contributed by atoms with E-state index in [1.807, 2.05) is 31.2 Å². The highest BCUT2D eigenvalue weighted by molar-refractivity contribution is 7.89. The lowest BCUT2D eigenvalue weighted by atomic mass is 9.96. The SMILES string of the molecule is CCS(=O)(=O)N1CCCC(Cc2nc(-c3ccccc3C)no2)C1. The first kappa shape index (κ1) is 17.1. The third-order valence-electron chi connectivity index (χ3n) is 4.56. The lowest BCUT2D eigenvalue weighted by Crippen LogP contribution is -2.41. The largest absolute Gasteiger partial charge is 0.339 e. The van der Waals surface area contributed by atoms with Crippen LogP contribution in [0.25, 0.3) is 11.4 Å². The summed E-state index contributed by atoms with van der Waals surface area (Å²) in [6, 6.07) is 7.91.